The summed E-state index contributed by atoms with van der Waals surface area (Å²) in [5, 5.41) is 2.83. The van der Waals surface area contributed by atoms with E-state index in [1.54, 1.807) is 44.8 Å². The van der Waals surface area contributed by atoms with Crippen LogP contribution in [0.1, 0.15) is 24.3 Å². The molecular weight excluding hydrogens is 282 g/mol. The number of hydrogen-bond acceptors (Lipinski definition) is 4. The molecule has 1 N–H and O–H groups in total. The maximum atomic E-state index is 11.9. The number of ether oxygens (including phenoxy) is 2. The number of hydrogen-bond donors (Lipinski definition) is 1. The minimum absolute atomic E-state index is 0.183. The van der Waals surface area contributed by atoms with Crippen LogP contribution in [-0.2, 0) is 4.79 Å². The SMILES string of the molecule is COc1ccc(/C=C/C(=O)N[C@H](C)c2ccco2)cc1OC. The average molecular weight is 301 g/mol. The van der Waals surface area contributed by atoms with Crippen LogP contribution in [0.3, 0.4) is 0 Å². The van der Waals surface area contributed by atoms with Crippen LogP contribution in [0.2, 0.25) is 0 Å². The molecule has 0 saturated carbocycles. The van der Waals surface area contributed by atoms with E-state index in [0.29, 0.717) is 17.3 Å². The highest BCUT2D eigenvalue weighted by Gasteiger charge is 2.09. The highest BCUT2D eigenvalue weighted by atomic mass is 16.5. The first-order chi connectivity index (χ1) is 10.6. The summed E-state index contributed by atoms with van der Waals surface area (Å²) in [5.41, 5.74) is 0.846. The van der Waals surface area contributed by atoms with Crippen LogP contribution in [-0.4, -0.2) is 20.1 Å². The Balaban J connectivity index is 2.00. The Morgan fingerprint density at radius 3 is 2.64 bits per heavy atom. The van der Waals surface area contributed by atoms with Crippen molar-refractivity contribution in [2.24, 2.45) is 0 Å². The lowest BCUT2D eigenvalue weighted by atomic mass is 10.2. The number of nitrogens with one attached hydrogen (secondary N) is 1. The van der Waals surface area contributed by atoms with Gasteiger partial charge in [0, 0.05) is 6.08 Å². The monoisotopic (exact) mass is 301 g/mol. The summed E-state index contributed by atoms with van der Waals surface area (Å²) in [7, 11) is 3.15. The highest BCUT2D eigenvalue weighted by Crippen LogP contribution is 2.27. The highest BCUT2D eigenvalue weighted by molar-refractivity contribution is 5.92. The Kier molecular flexibility index (Phi) is 5.25. The number of carbonyl (C=O) groups is 1. The summed E-state index contributed by atoms with van der Waals surface area (Å²) in [6.45, 7) is 1.86. The molecule has 0 unspecified atom stereocenters. The molecule has 5 nitrogen and oxygen atoms in total. The number of rotatable bonds is 6. The first-order valence-electron chi connectivity index (χ1n) is 6.88. The lowest BCUT2D eigenvalue weighted by Crippen LogP contribution is -2.24. The van der Waals surface area contributed by atoms with Gasteiger partial charge in [-0.1, -0.05) is 6.07 Å². The molecule has 1 aromatic heterocycles. The van der Waals surface area contributed by atoms with Gasteiger partial charge in [0.05, 0.1) is 26.5 Å². The zero-order valence-corrected chi connectivity index (χ0v) is 12.8. The van der Waals surface area contributed by atoms with Gasteiger partial charge in [0.25, 0.3) is 0 Å². The molecule has 2 rings (SSSR count). The van der Waals surface area contributed by atoms with Crippen molar-refractivity contribution in [3.05, 3.63) is 54.0 Å². The lowest BCUT2D eigenvalue weighted by molar-refractivity contribution is -0.117. The average Bonchev–Trinajstić information content (AvgIpc) is 3.07. The predicted octanol–water partition coefficient (Wildman–Crippen LogP) is 3.19. The van der Waals surface area contributed by atoms with Gasteiger partial charge in [0.1, 0.15) is 5.76 Å². The minimum atomic E-state index is -0.196. The summed E-state index contributed by atoms with van der Waals surface area (Å²) in [5.74, 6) is 1.79. The number of benzene rings is 1. The van der Waals surface area contributed by atoms with E-state index in [1.165, 1.54) is 6.08 Å². The second-order valence-electron chi connectivity index (χ2n) is 4.69. The molecule has 116 valence electrons. The fourth-order valence-corrected chi connectivity index (χ4v) is 2.00. The van der Waals surface area contributed by atoms with Gasteiger partial charge in [-0.15, -0.1) is 0 Å². The van der Waals surface area contributed by atoms with Gasteiger partial charge in [-0.25, -0.2) is 0 Å². The molecule has 0 aliphatic heterocycles. The summed E-state index contributed by atoms with van der Waals surface area (Å²) >= 11 is 0. The molecule has 1 aromatic carbocycles. The molecule has 2 aromatic rings. The molecule has 0 bridgehead atoms. The first kappa shape index (κ1) is 15.7. The molecule has 0 fully saturated rings. The van der Waals surface area contributed by atoms with Crippen molar-refractivity contribution in [1.82, 2.24) is 5.32 Å². The van der Waals surface area contributed by atoms with E-state index in [2.05, 4.69) is 5.32 Å². The van der Waals surface area contributed by atoms with E-state index in [0.717, 1.165) is 5.56 Å². The van der Waals surface area contributed by atoms with Gasteiger partial charge in [0.2, 0.25) is 5.91 Å². The van der Waals surface area contributed by atoms with Crippen LogP contribution < -0.4 is 14.8 Å². The number of methoxy groups -OCH3 is 2. The Hall–Kier alpha value is -2.69. The van der Waals surface area contributed by atoms with E-state index in [-0.39, 0.29) is 11.9 Å². The molecular formula is C17H19NO4. The minimum Gasteiger partial charge on any atom is -0.493 e. The Morgan fingerprint density at radius 2 is 2.00 bits per heavy atom. The van der Waals surface area contributed by atoms with Crippen LogP contribution in [0.4, 0.5) is 0 Å². The van der Waals surface area contributed by atoms with Gasteiger partial charge in [-0.2, -0.15) is 0 Å². The van der Waals surface area contributed by atoms with Crippen molar-refractivity contribution in [2.75, 3.05) is 14.2 Å². The van der Waals surface area contributed by atoms with Crippen molar-refractivity contribution >= 4 is 12.0 Å². The second-order valence-corrected chi connectivity index (χ2v) is 4.69. The third kappa shape index (κ3) is 3.91. The van der Waals surface area contributed by atoms with Crippen molar-refractivity contribution in [3.63, 3.8) is 0 Å². The third-order valence-electron chi connectivity index (χ3n) is 3.16. The predicted molar refractivity (Wildman–Crippen MR) is 83.8 cm³/mol. The van der Waals surface area contributed by atoms with Crippen molar-refractivity contribution < 1.29 is 18.7 Å². The smallest absolute Gasteiger partial charge is 0.244 e. The van der Waals surface area contributed by atoms with E-state index < -0.39 is 0 Å². The molecule has 0 aliphatic rings. The van der Waals surface area contributed by atoms with Crippen LogP contribution >= 0.6 is 0 Å². The normalized spacial score (nSPS) is 12.1. The summed E-state index contributed by atoms with van der Waals surface area (Å²) in [4.78, 5) is 11.9. The molecule has 1 heterocycles. The zero-order chi connectivity index (χ0) is 15.9. The lowest BCUT2D eigenvalue weighted by Gasteiger charge is -2.09. The Morgan fingerprint density at radius 1 is 1.23 bits per heavy atom. The molecule has 1 atom stereocenters. The Labute approximate surface area is 129 Å². The fourth-order valence-electron chi connectivity index (χ4n) is 2.00. The standard InChI is InChI=1S/C17H19NO4/c1-12(14-5-4-10-22-14)18-17(19)9-7-13-6-8-15(20-2)16(11-13)21-3/h4-12H,1-3H3,(H,18,19)/b9-7+/t12-/m1/s1. The second kappa shape index (κ2) is 7.36. The number of amides is 1. The summed E-state index contributed by atoms with van der Waals surface area (Å²) < 4.78 is 15.6. The molecule has 0 radical (unpaired) electrons. The van der Waals surface area contributed by atoms with Gasteiger partial charge in [-0.05, 0) is 42.8 Å². The quantitative estimate of drug-likeness (QED) is 0.832. The van der Waals surface area contributed by atoms with Gasteiger partial charge in [0.15, 0.2) is 11.5 Å². The molecule has 0 aliphatic carbocycles. The van der Waals surface area contributed by atoms with Crippen molar-refractivity contribution in [2.45, 2.75) is 13.0 Å². The van der Waals surface area contributed by atoms with Crippen molar-refractivity contribution in [1.29, 1.82) is 0 Å². The summed E-state index contributed by atoms with van der Waals surface area (Å²) in [6.07, 6.45) is 4.77. The van der Waals surface area contributed by atoms with Gasteiger partial charge < -0.3 is 19.2 Å². The van der Waals surface area contributed by atoms with E-state index >= 15 is 0 Å². The van der Waals surface area contributed by atoms with Crippen LogP contribution in [0.5, 0.6) is 11.5 Å². The van der Waals surface area contributed by atoms with Crippen LogP contribution in [0, 0.1) is 0 Å². The van der Waals surface area contributed by atoms with E-state index in [4.69, 9.17) is 13.9 Å². The van der Waals surface area contributed by atoms with E-state index in [1.807, 2.05) is 19.1 Å². The van der Waals surface area contributed by atoms with Crippen LogP contribution in [0.25, 0.3) is 6.08 Å². The molecule has 22 heavy (non-hydrogen) atoms. The summed E-state index contributed by atoms with van der Waals surface area (Å²) in [6, 6.07) is 8.87. The largest absolute Gasteiger partial charge is 0.493 e. The molecule has 5 heteroatoms. The van der Waals surface area contributed by atoms with Crippen molar-refractivity contribution in [3.8, 4) is 11.5 Å². The Bertz CT molecular complexity index is 647. The fraction of sp³-hybridized carbons (Fsp3) is 0.235. The molecule has 1 amide bonds. The molecule has 0 saturated heterocycles. The van der Waals surface area contributed by atoms with Gasteiger partial charge >= 0.3 is 0 Å². The molecule has 0 spiro atoms. The van der Waals surface area contributed by atoms with Crippen LogP contribution in [0.15, 0.2) is 47.1 Å². The number of carbonyl (C=O) groups excluding carboxylic acids is 1. The van der Waals surface area contributed by atoms with Gasteiger partial charge in [-0.3, -0.25) is 4.79 Å². The van der Waals surface area contributed by atoms with E-state index in [9.17, 15) is 4.79 Å². The first-order valence-corrected chi connectivity index (χ1v) is 6.88. The maximum Gasteiger partial charge on any atom is 0.244 e. The maximum absolute atomic E-state index is 11.9. The third-order valence-corrected chi connectivity index (χ3v) is 3.16. The zero-order valence-electron chi connectivity index (χ0n) is 12.8. The topological polar surface area (TPSA) is 60.7 Å². The number of furan rings is 1.